The maximum Gasteiger partial charge on any atom is 0.251 e. The van der Waals surface area contributed by atoms with Gasteiger partial charge in [-0.25, -0.2) is 0 Å². The Kier molecular flexibility index (Phi) is 5.98. The van der Waals surface area contributed by atoms with Crippen LogP contribution in [0.5, 0.6) is 5.75 Å². The number of hydrogen-bond donors (Lipinski definition) is 2. The summed E-state index contributed by atoms with van der Waals surface area (Å²) in [7, 11) is 3.10. The molecular formula is C18H17ClN2O3. The highest BCUT2D eigenvalue weighted by molar-refractivity contribution is 6.32. The average Bonchev–Trinajstić information content (AvgIpc) is 2.60. The van der Waals surface area contributed by atoms with Crippen LogP contribution in [0.15, 0.2) is 48.5 Å². The lowest BCUT2D eigenvalue weighted by atomic mass is 10.2. The number of hydrogen-bond acceptors (Lipinski definition) is 3. The normalized spacial score (nSPS) is 10.5. The van der Waals surface area contributed by atoms with Crippen LogP contribution in [0.1, 0.15) is 15.9 Å². The van der Waals surface area contributed by atoms with Crippen LogP contribution in [-0.2, 0) is 4.79 Å². The lowest BCUT2D eigenvalue weighted by molar-refractivity contribution is -0.111. The van der Waals surface area contributed by atoms with Gasteiger partial charge in [0.25, 0.3) is 5.91 Å². The van der Waals surface area contributed by atoms with Gasteiger partial charge in [-0.15, -0.1) is 0 Å². The number of rotatable bonds is 5. The van der Waals surface area contributed by atoms with E-state index in [-0.39, 0.29) is 11.8 Å². The Bertz CT molecular complexity index is 770. The molecule has 0 bridgehead atoms. The molecule has 0 aromatic heterocycles. The molecule has 24 heavy (non-hydrogen) atoms. The number of carbonyl (C=O) groups excluding carboxylic acids is 2. The number of methoxy groups -OCH3 is 1. The fourth-order valence-corrected chi connectivity index (χ4v) is 2.26. The zero-order chi connectivity index (χ0) is 17.5. The van der Waals surface area contributed by atoms with E-state index in [9.17, 15) is 9.59 Å². The Balaban J connectivity index is 2.00. The van der Waals surface area contributed by atoms with Crippen LogP contribution in [-0.4, -0.2) is 26.0 Å². The van der Waals surface area contributed by atoms with Gasteiger partial charge in [-0.05, 0) is 48.0 Å². The van der Waals surface area contributed by atoms with Crippen LogP contribution in [0, 0.1) is 0 Å². The minimum Gasteiger partial charge on any atom is -0.495 e. The first kappa shape index (κ1) is 17.6. The lowest BCUT2D eigenvalue weighted by Crippen LogP contribution is -2.17. The summed E-state index contributed by atoms with van der Waals surface area (Å²) >= 11 is 6.03. The third-order valence-corrected chi connectivity index (χ3v) is 3.54. The number of benzene rings is 2. The van der Waals surface area contributed by atoms with Gasteiger partial charge in [0, 0.05) is 24.4 Å². The van der Waals surface area contributed by atoms with Crippen molar-refractivity contribution in [3.05, 3.63) is 64.7 Å². The Morgan fingerprint density at radius 1 is 1.12 bits per heavy atom. The fraction of sp³-hybridized carbons (Fsp3) is 0.111. The van der Waals surface area contributed by atoms with Crippen molar-refractivity contribution >= 4 is 35.2 Å². The standard InChI is InChI=1S/C18H17ClN2O3/c1-20-18(23)13-5-7-14(8-6-13)21-17(22)10-4-12-3-9-16(24-2)15(19)11-12/h3-11H,1-2H3,(H,20,23)(H,21,22)/b10-4+. The molecule has 2 aromatic carbocycles. The molecule has 5 nitrogen and oxygen atoms in total. The topological polar surface area (TPSA) is 67.4 Å². The summed E-state index contributed by atoms with van der Waals surface area (Å²) in [6.45, 7) is 0. The number of nitrogens with one attached hydrogen (secondary N) is 2. The number of amides is 2. The molecular weight excluding hydrogens is 328 g/mol. The van der Waals surface area contributed by atoms with Crippen LogP contribution in [0.25, 0.3) is 6.08 Å². The predicted molar refractivity (Wildman–Crippen MR) is 95.5 cm³/mol. The molecule has 2 amide bonds. The highest BCUT2D eigenvalue weighted by Gasteiger charge is 2.04. The Morgan fingerprint density at radius 2 is 1.83 bits per heavy atom. The van der Waals surface area contributed by atoms with Gasteiger partial charge in [-0.2, -0.15) is 0 Å². The molecule has 0 heterocycles. The average molecular weight is 345 g/mol. The summed E-state index contributed by atoms with van der Waals surface area (Å²) < 4.78 is 5.08. The van der Waals surface area contributed by atoms with Gasteiger partial charge in [0.15, 0.2) is 0 Å². The second-order valence-electron chi connectivity index (χ2n) is 4.87. The van der Waals surface area contributed by atoms with Gasteiger partial charge in [-0.1, -0.05) is 17.7 Å². The van der Waals surface area contributed by atoms with Crippen molar-refractivity contribution in [1.82, 2.24) is 5.32 Å². The summed E-state index contributed by atoms with van der Waals surface area (Å²) in [4.78, 5) is 23.4. The first-order chi connectivity index (χ1) is 11.5. The highest BCUT2D eigenvalue weighted by Crippen LogP contribution is 2.25. The molecule has 2 aromatic rings. The molecule has 0 fully saturated rings. The van der Waals surface area contributed by atoms with Gasteiger partial charge < -0.3 is 15.4 Å². The Hall–Kier alpha value is -2.79. The maximum atomic E-state index is 11.9. The van der Waals surface area contributed by atoms with Crippen LogP contribution in [0.3, 0.4) is 0 Å². The van der Waals surface area contributed by atoms with Gasteiger partial charge in [0.1, 0.15) is 5.75 Å². The van der Waals surface area contributed by atoms with E-state index in [0.29, 0.717) is 22.0 Å². The Labute approximate surface area is 145 Å². The van der Waals surface area contributed by atoms with E-state index >= 15 is 0 Å². The molecule has 0 aliphatic carbocycles. The van der Waals surface area contributed by atoms with Gasteiger partial charge in [0.2, 0.25) is 5.91 Å². The molecule has 0 radical (unpaired) electrons. The molecule has 0 atom stereocenters. The van der Waals surface area contributed by atoms with E-state index in [4.69, 9.17) is 16.3 Å². The van der Waals surface area contributed by atoms with E-state index in [2.05, 4.69) is 10.6 Å². The number of anilines is 1. The number of halogens is 1. The van der Waals surface area contributed by atoms with Crippen molar-refractivity contribution in [2.45, 2.75) is 0 Å². The minimum absolute atomic E-state index is 0.177. The molecule has 6 heteroatoms. The van der Waals surface area contributed by atoms with Crippen LogP contribution in [0.4, 0.5) is 5.69 Å². The summed E-state index contributed by atoms with van der Waals surface area (Å²) in [5, 5.41) is 5.73. The van der Waals surface area contributed by atoms with Gasteiger partial charge >= 0.3 is 0 Å². The molecule has 2 rings (SSSR count). The second kappa shape index (κ2) is 8.17. The largest absolute Gasteiger partial charge is 0.495 e. The monoisotopic (exact) mass is 344 g/mol. The van der Waals surface area contributed by atoms with Crippen molar-refractivity contribution in [3.8, 4) is 5.75 Å². The number of carbonyl (C=O) groups is 2. The van der Waals surface area contributed by atoms with Crippen molar-refractivity contribution in [3.63, 3.8) is 0 Å². The highest BCUT2D eigenvalue weighted by atomic mass is 35.5. The van der Waals surface area contributed by atoms with Gasteiger partial charge in [0.05, 0.1) is 12.1 Å². The lowest BCUT2D eigenvalue weighted by Gasteiger charge is -2.04. The van der Waals surface area contributed by atoms with Crippen molar-refractivity contribution in [2.24, 2.45) is 0 Å². The summed E-state index contributed by atoms with van der Waals surface area (Å²) in [5.41, 5.74) is 1.91. The van der Waals surface area contributed by atoms with Crippen LogP contribution in [0.2, 0.25) is 5.02 Å². The molecule has 0 saturated heterocycles. The second-order valence-corrected chi connectivity index (χ2v) is 5.28. The van der Waals surface area contributed by atoms with Crippen molar-refractivity contribution < 1.29 is 14.3 Å². The zero-order valence-electron chi connectivity index (χ0n) is 13.3. The van der Waals surface area contributed by atoms with Crippen molar-refractivity contribution in [2.75, 3.05) is 19.5 Å². The molecule has 2 N–H and O–H groups in total. The number of ether oxygens (including phenoxy) is 1. The van der Waals surface area contributed by atoms with E-state index in [1.807, 2.05) is 0 Å². The SMILES string of the molecule is CNC(=O)c1ccc(NC(=O)/C=C/c2ccc(OC)c(Cl)c2)cc1. The van der Waals surface area contributed by atoms with E-state index < -0.39 is 0 Å². The molecule has 0 spiro atoms. The predicted octanol–water partition coefficient (Wildman–Crippen LogP) is 3.36. The molecule has 0 unspecified atom stereocenters. The zero-order valence-corrected chi connectivity index (χ0v) is 14.1. The first-order valence-corrected chi connectivity index (χ1v) is 7.56. The van der Waals surface area contributed by atoms with Crippen LogP contribution >= 0.6 is 11.6 Å². The summed E-state index contributed by atoms with van der Waals surface area (Å²) in [6.07, 6.45) is 3.06. The quantitative estimate of drug-likeness (QED) is 0.817. The van der Waals surface area contributed by atoms with E-state index in [0.717, 1.165) is 5.56 Å². The third kappa shape index (κ3) is 4.60. The molecule has 0 aliphatic rings. The Morgan fingerprint density at radius 3 is 2.42 bits per heavy atom. The van der Waals surface area contributed by atoms with E-state index in [1.165, 1.54) is 6.08 Å². The fourth-order valence-electron chi connectivity index (χ4n) is 1.99. The van der Waals surface area contributed by atoms with Crippen LogP contribution < -0.4 is 15.4 Å². The minimum atomic E-state index is -0.283. The van der Waals surface area contributed by atoms with Gasteiger partial charge in [-0.3, -0.25) is 9.59 Å². The molecule has 124 valence electrons. The summed E-state index contributed by atoms with van der Waals surface area (Å²) in [6, 6.07) is 11.9. The molecule has 0 saturated carbocycles. The van der Waals surface area contributed by atoms with E-state index in [1.54, 1.807) is 62.7 Å². The molecule has 0 aliphatic heterocycles. The third-order valence-electron chi connectivity index (χ3n) is 3.24. The summed E-state index contributed by atoms with van der Waals surface area (Å²) in [5.74, 6) is 0.119. The smallest absolute Gasteiger partial charge is 0.251 e. The first-order valence-electron chi connectivity index (χ1n) is 7.18. The van der Waals surface area contributed by atoms with Crippen molar-refractivity contribution in [1.29, 1.82) is 0 Å². The maximum absolute atomic E-state index is 11.9.